The molecule has 5 heteroatoms. The van der Waals surface area contributed by atoms with Crippen molar-refractivity contribution in [3.63, 3.8) is 0 Å². The van der Waals surface area contributed by atoms with Gasteiger partial charge in [-0.15, -0.1) is 11.3 Å². The van der Waals surface area contributed by atoms with Crippen LogP contribution in [0.4, 0.5) is 0 Å². The fourth-order valence-electron chi connectivity index (χ4n) is 1.95. The first-order valence-electron chi connectivity index (χ1n) is 6.09. The maximum atomic E-state index is 4.14. The van der Waals surface area contributed by atoms with Crippen LogP contribution in [0.1, 0.15) is 10.4 Å². The highest BCUT2D eigenvalue weighted by molar-refractivity contribution is 7.09. The molecular formula is C14H14N4S. The Balaban J connectivity index is 1.67. The van der Waals surface area contributed by atoms with E-state index in [2.05, 4.69) is 32.6 Å². The zero-order valence-corrected chi connectivity index (χ0v) is 11.2. The van der Waals surface area contributed by atoms with Crippen LogP contribution in [0.25, 0.3) is 11.3 Å². The Labute approximate surface area is 115 Å². The number of hydrogen-bond acceptors (Lipinski definition) is 4. The first-order chi connectivity index (χ1) is 9.43. The van der Waals surface area contributed by atoms with E-state index in [0.29, 0.717) is 0 Å². The van der Waals surface area contributed by atoms with Crippen LogP contribution in [0, 0.1) is 0 Å². The molecule has 0 amide bonds. The van der Waals surface area contributed by atoms with Crippen LogP contribution in [0.2, 0.25) is 0 Å². The van der Waals surface area contributed by atoms with E-state index in [0.717, 1.165) is 24.3 Å². The van der Waals surface area contributed by atoms with Crippen molar-refractivity contribution < 1.29 is 0 Å². The van der Waals surface area contributed by atoms with Crippen LogP contribution >= 0.6 is 11.3 Å². The number of hydrogen-bond donors (Lipinski definition) is 2. The van der Waals surface area contributed by atoms with Gasteiger partial charge in [-0.3, -0.25) is 10.1 Å². The van der Waals surface area contributed by atoms with E-state index in [1.165, 1.54) is 10.4 Å². The molecule has 4 nitrogen and oxygen atoms in total. The third-order valence-corrected chi connectivity index (χ3v) is 3.66. The first kappa shape index (κ1) is 12.1. The van der Waals surface area contributed by atoms with E-state index in [9.17, 15) is 0 Å². The van der Waals surface area contributed by atoms with E-state index in [4.69, 9.17) is 0 Å². The van der Waals surface area contributed by atoms with Gasteiger partial charge in [0, 0.05) is 29.7 Å². The SMILES string of the molecule is c1ccc(-c2[nH]ncc2CNCc2cncs2)cc1. The van der Waals surface area contributed by atoms with Crippen LogP contribution in [-0.4, -0.2) is 15.2 Å². The summed E-state index contributed by atoms with van der Waals surface area (Å²) in [5, 5.41) is 10.6. The zero-order valence-electron chi connectivity index (χ0n) is 10.3. The summed E-state index contributed by atoms with van der Waals surface area (Å²) >= 11 is 1.66. The Kier molecular flexibility index (Phi) is 3.67. The van der Waals surface area contributed by atoms with Crippen molar-refractivity contribution in [2.75, 3.05) is 0 Å². The Morgan fingerprint density at radius 2 is 2.00 bits per heavy atom. The number of nitrogens with zero attached hydrogens (tertiary/aromatic N) is 2. The van der Waals surface area contributed by atoms with Crippen LogP contribution in [0.3, 0.4) is 0 Å². The molecule has 0 spiro atoms. The number of aromatic amines is 1. The van der Waals surface area contributed by atoms with Gasteiger partial charge in [-0.1, -0.05) is 30.3 Å². The number of aromatic nitrogens is 3. The van der Waals surface area contributed by atoms with Crippen LogP contribution in [0.15, 0.2) is 48.2 Å². The average molecular weight is 270 g/mol. The first-order valence-corrected chi connectivity index (χ1v) is 6.97. The van der Waals surface area contributed by atoms with Gasteiger partial charge in [0.25, 0.3) is 0 Å². The van der Waals surface area contributed by atoms with Crippen molar-refractivity contribution in [2.24, 2.45) is 0 Å². The van der Waals surface area contributed by atoms with Crippen molar-refractivity contribution in [3.8, 4) is 11.3 Å². The van der Waals surface area contributed by atoms with E-state index in [1.54, 1.807) is 11.3 Å². The highest BCUT2D eigenvalue weighted by atomic mass is 32.1. The van der Waals surface area contributed by atoms with Crippen molar-refractivity contribution in [3.05, 3.63) is 58.7 Å². The smallest absolute Gasteiger partial charge is 0.0794 e. The molecule has 0 aliphatic heterocycles. The largest absolute Gasteiger partial charge is 0.308 e. The average Bonchev–Trinajstić information content (AvgIpc) is 3.11. The molecule has 0 aliphatic carbocycles. The number of benzene rings is 1. The summed E-state index contributed by atoms with van der Waals surface area (Å²) in [6.07, 6.45) is 3.77. The van der Waals surface area contributed by atoms with Crippen LogP contribution < -0.4 is 5.32 Å². The van der Waals surface area contributed by atoms with Gasteiger partial charge < -0.3 is 5.32 Å². The lowest BCUT2D eigenvalue weighted by Gasteiger charge is -2.04. The molecule has 0 saturated heterocycles. The van der Waals surface area contributed by atoms with E-state index in [1.807, 2.05) is 36.1 Å². The quantitative estimate of drug-likeness (QED) is 0.749. The molecule has 0 atom stereocenters. The molecular weight excluding hydrogens is 256 g/mol. The van der Waals surface area contributed by atoms with Gasteiger partial charge >= 0.3 is 0 Å². The molecule has 0 bridgehead atoms. The Morgan fingerprint density at radius 3 is 2.79 bits per heavy atom. The second-order valence-corrected chi connectivity index (χ2v) is 5.18. The minimum atomic E-state index is 0.790. The van der Waals surface area contributed by atoms with Gasteiger partial charge in [-0.05, 0) is 5.56 Å². The molecule has 3 rings (SSSR count). The maximum Gasteiger partial charge on any atom is 0.0794 e. The summed E-state index contributed by atoms with van der Waals surface area (Å²) in [7, 11) is 0. The second-order valence-electron chi connectivity index (χ2n) is 4.21. The minimum absolute atomic E-state index is 0.790. The Bertz CT molecular complexity index is 616. The molecule has 3 aromatic rings. The van der Waals surface area contributed by atoms with Gasteiger partial charge in [-0.2, -0.15) is 5.10 Å². The lowest BCUT2D eigenvalue weighted by molar-refractivity contribution is 0.701. The summed E-state index contributed by atoms with van der Waals surface area (Å²) in [5.41, 5.74) is 5.27. The standard InChI is InChI=1S/C14H14N4S/c1-2-4-11(5-3-1)14-12(7-17-18-14)6-15-8-13-9-16-10-19-13/h1-5,7,9-10,15H,6,8H2,(H,17,18). The third kappa shape index (κ3) is 2.89. The highest BCUT2D eigenvalue weighted by Crippen LogP contribution is 2.20. The summed E-state index contributed by atoms with van der Waals surface area (Å²) in [5.74, 6) is 0. The second kappa shape index (κ2) is 5.77. The zero-order chi connectivity index (χ0) is 12.9. The Morgan fingerprint density at radius 1 is 1.11 bits per heavy atom. The van der Waals surface area contributed by atoms with Gasteiger partial charge in [0.05, 0.1) is 17.4 Å². The highest BCUT2D eigenvalue weighted by Gasteiger charge is 2.06. The van der Waals surface area contributed by atoms with Crippen molar-refractivity contribution in [1.82, 2.24) is 20.5 Å². The van der Waals surface area contributed by atoms with Gasteiger partial charge in [0.1, 0.15) is 0 Å². The van der Waals surface area contributed by atoms with E-state index in [-0.39, 0.29) is 0 Å². The summed E-state index contributed by atoms with van der Waals surface area (Å²) < 4.78 is 0. The van der Waals surface area contributed by atoms with Crippen molar-refractivity contribution >= 4 is 11.3 Å². The van der Waals surface area contributed by atoms with Gasteiger partial charge in [-0.25, -0.2) is 0 Å². The lowest BCUT2D eigenvalue weighted by Crippen LogP contribution is -2.11. The summed E-state index contributed by atoms with van der Waals surface area (Å²) in [6, 6.07) is 10.2. The normalized spacial score (nSPS) is 10.7. The van der Waals surface area contributed by atoms with E-state index >= 15 is 0 Å². The molecule has 19 heavy (non-hydrogen) atoms. The van der Waals surface area contributed by atoms with Gasteiger partial charge in [0.15, 0.2) is 0 Å². The van der Waals surface area contributed by atoms with Crippen molar-refractivity contribution in [2.45, 2.75) is 13.1 Å². The molecule has 96 valence electrons. The molecule has 2 N–H and O–H groups in total. The third-order valence-electron chi connectivity index (χ3n) is 2.88. The van der Waals surface area contributed by atoms with E-state index < -0.39 is 0 Å². The fourth-order valence-corrected chi connectivity index (χ4v) is 2.51. The summed E-state index contributed by atoms with van der Waals surface area (Å²) in [4.78, 5) is 5.30. The maximum absolute atomic E-state index is 4.14. The number of rotatable bonds is 5. The molecule has 0 aliphatic rings. The molecule has 0 unspecified atom stereocenters. The topological polar surface area (TPSA) is 53.6 Å². The number of nitrogens with one attached hydrogen (secondary N) is 2. The molecule has 1 aromatic carbocycles. The molecule has 0 radical (unpaired) electrons. The number of thiazole rings is 1. The summed E-state index contributed by atoms with van der Waals surface area (Å²) in [6.45, 7) is 1.63. The lowest BCUT2D eigenvalue weighted by atomic mass is 10.1. The van der Waals surface area contributed by atoms with Crippen molar-refractivity contribution in [1.29, 1.82) is 0 Å². The van der Waals surface area contributed by atoms with Gasteiger partial charge in [0.2, 0.25) is 0 Å². The van der Waals surface area contributed by atoms with Crippen LogP contribution in [0.5, 0.6) is 0 Å². The fraction of sp³-hybridized carbons (Fsp3) is 0.143. The molecule has 0 saturated carbocycles. The minimum Gasteiger partial charge on any atom is -0.308 e. The van der Waals surface area contributed by atoms with Crippen LogP contribution in [-0.2, 0) is 13.1 Å². The molecule has 2 heterocycles. The molecule has 0 fully saturated rings. The monoisotopic (exact) mass is 270 g/mol. The predicted molar refractivity (Wildman–Crippen MR) is 76.7 cm³/mol. The Hall–Kier alpha value is -1.98. The number of H-pyrrole nitrogens is 1. The molecule has 2 aromatic heterocycles. The predicted octanol–water partition coefficient (Wildman–Crippen LogP) is 2.82.